The third-order valence-corrected chi connectivity index (χ3v) is 11.8. The second-order valence-electron chi connectivity index (χ2n) is 12.8. The first-order valence-corrected chi connectivity index (χ1v) is 17.1. The third-order valence-electron chi connectivity index (χ3n) is 10.6. The zero-order chi connectivity index (χ0) is 31.6. The number of rotatable bonds is 1. The summed E-state index contributed by atoms with van der Waals surface area (Å²) in [5, 5.41) is 14.6. The molecule has 0 N–H and O–H groups in total. The van der Waals surface area contributed by atoms with E-state index in [0.29, 0.717) is 5.56 Å². The van der Waals surface area contributed by atoms with Gasteiger partial charge in [0.25, 0.3) is 0 Å². The van der Waals surface area contributed by atoms with Crippen molar-refractivity contribution in [3.8, 4) is 17.4 Å². The quantitative estimate of drug-likeness (QED) is 0.181. The second-order valence-corrected chi connectivity index (χ2v) is 13.8. The first-order chi connectivity index (χ1) is 23.8. The molecule has 0 bridgehead atoms. The molecule has 2 aliphatic rings. The molecule has 1 atom stereocenters. The van der Waals surface area contributed by atoms with Crippen molar-refractivity contribution >= 4 is 55.4 Å². The molecule has 2 aliphatic heterocycles. The molecule has 11 rings (SSSR count). The number of hydrogen-bond donors (Lipinski definition) is 0. The van der Waals surface area contributed by atoms with Gasteiger partial charge in [-0.25, -0.2) is 0 Å². The van der Waals surface area contributed by atoms with Crippen molar-refractivity contribution in [2.45, 2.75) is 15.2 Å². The van der Waals surface area contributed by atoms with Crippen molar-refractivity contribution in [2.24, 2.45) is 0 Å². The molecule has 48 heavy (non-hydrogen) atoms. The van der Waals surface area contributed by atoms with Gasteiger partial charge in [0.15, 0.2) is 0 Å². The minimum Gasteiger partial charge on any atom is -0.309 e. The fraction of sp³-hybridized carbons (Fsp3) is 0.0227. The van der Waals surface area contributed by atoms with Crippen LogP contribution < -0.4 is 0 Å². The van der Waals surface area contributed by atoms with Crippen LogP contribution in [0.1, 0.15) is 27.8 Å². The molecule has 2 aromatic heterocycles. The van der Waals surface area contributed by atoms with Gasteiger partial charge in [0.2, 0.25) is 0 Å². The number of aromatic nitrogens is 2. The molecule has 1 unspecified atom stereocenters. The second kappa shape index (κ2) is 9.29. The molecule has 0 fully saturated rings. The Morgan fingerprint density at radius 2 is 1.17 bits per heavy atom. The summed E-state index contributed by atoms with van der Waals surface area (Å²) in [4.78, 5) is 2.58. The average Bonchev–Trinajstić information content (AvgIpc) is 3.67. The molecule has 4 heteroatoms. The van der Waals surface area contributed by atoms with Gasteiger partial charge in [-0.05, 0) is 76.9 Å². The van der Waals surface area contributed by atoms with E-state index in [1.165, 1.54) is 70.3 Å². The lowest BCUT2D eigenvalue weighted by molar-refractivity contribution is 0.692. The van der Waals surface area contributed by atoms with Gasteiger partial charge in [0.1, 0.15) is 0 Å². The summed E-state index contributed by atoms with van der Waals surface area (Å²) < 4.78 is 4.85. The van der Waals surface area contributed by atoms with Crippen LogP contribution in [-0.4, -0.2) is 9.13 Å². The van der Waals surface area contributed by atoms with E-state index in [1.54, 1.807) is 0 Å². The Balaban J connectivity index is 1.34. The van der Waals surface area contributed by atoms with E-state index in [4.69, 9.17) is 0 Å². The Morgan fingerprint density at radius 3 is 2.00 bits per heavy atom. The Labute approximate surface area is 280 Å². The van der Waals surface area contributed by atoms with Gasteiger partial charge in [-0.15, -0.1) is 0 Å². The number of hydrogen-bond acceptors (Lipinski definition) is 2. The summed E-state index contributed by atoms with van der Waals surface area (Å²) in [5.41, 5.74) is 12.5. The minimum absolute atomic E-state index is 0.524. The Bertz CT molecular complexity index is 2880. The average molecular weight is 628 g/mol. The molecule has 0 aliphatic carbocycles. The van der Waals surface area contributed by atoms with Gasteiger partial charge in [-0.2, -0.15) is 5.26 Å². The molecule has 9 aromatic rings. The van der Waals surface area contributed by atoms with E-state index >= 15 is 0 Å². The van der Waals surface area contributed by atoms with Crippen LogP contribution in [0.4, 0.5) is 0 Å². The Kier molecular flexibility index (Phi) is 5.05. The van der Waals surface area contributed by atoms with Crippen LogP contribution in [0.15, 0.2) is 161 Å². The van der Waals surface area contributed by atoms with Crippen LogP contribution in [-0.2, 0) is 5.41 Å². The normalized spacial score (nSPS) is 15.9. The zero-order valence-corrected chi connectivity index (χ0v) is 26.5. The highest BCUT2D eigenvalue weighted by molar-refractivity contribution is 7.99. The maximum atomic E-state index is 9.50. The zero-order valence-electron chi connectivity index (χ0n) is 25.7. The summed E-state index contributed by atoms with van der Waals surface area (Å²) in [6.45, 7) is 0. The van der Waals surface area contributed by atoms with Crippen molar-refractivity contribution in [3.05, 3.63) is 179 Å². The fourth-order valence-corrected chi connectivity index (χ4v) is 10.1. The number of para-hydroxylation sites is 4. The van der Waals surface area contributed by atoms with Crippen molar-refractivity contribution < 1.29 is 0 Å². The van der Waals surface area contributed by atoms with E-state index in [2.05, 4.69) is 155 Å². The summed E-state index contributed by atoms with van der Waals surface area (Å²) in [6, 6.07) is 57.5. The molecular formula is C44H25N3S. The monoisotopic (exact) mass is 627 g/mol. The van der Waals surface area contributed by atoms with Gasteiger partial charge in [0.05, 0.1) is 44.8 Å². The summed E-state index contributed by atoms with van der Waals surface area (Å²) in [5.74, 6) is 0. The number of nitrogens with zero attached hydrogens (tertiary/aromatic N) is 3. The van der Waals surface area contributed by atoms with Gasteiger partial charge in [-0.1, -0.05) is 109 Å². The predicted molar refractivity (Wildman–Crippen MR) is 196 cm³/mol. The topological polar surface area (TPSA) is 33.6 Å². The summed E-state index contributed by atoms with van der Waals surface area (Å²) in [7, 11) is 0. The van der Waals surface area contributed by atoms with Crippen LogP contribution >= 0.6 is 11.8 Å². The first-order valence-electron chi connectivity index (χ1n) is 16.3. The number of benzene rings is 7. The van der Waals surface area contributed by atoms with E-state index in [9.17, 15) is 5.26 Å². The fourth-order valence-electron chi connectivity index (χ4n) is 8.80. The van der Waals surface area contributed by atoms with E-state index in [0.717, 1.165) is 16.7 Å². The van der Waals surface area contributed by atoms with Crippen LogP contribution in [0.3, 0.4) is 0 Å². The smallest absolute Gasteiger partial charge is 0.0991 e. The molecule has 0 amide bonds. The largest absolute Gasteiger partial charge is 0.309 e. The van der Waals surface area contributed by atoms with Crippen molar-refractivity contribution in [1.29, 1.82) is 5.26 Å². The molecule has 7 aromatic carbocycles. The van der Waals surface area contributed by atoms with Crippen molar-refractivity contribution in [3.63, 3.8) is 0 Å². The molecular weight excluding hydrogens is 603 g/mol. The van der Waals surface area contributed by atoms with Gasteiger partial charge < -0.3 is 9.13 Å². The van der Waals surface area contributed by atoms with Crippen LogP contribution in [0, 0.1) is 11.3 Å². The summed E-state index contributed by atoms with van der Waals surface area (Å²) in [6.07, 6.45) is 0. The van der Waals surface area contributed by atoms with Gasteiger partial charge in [-0.3, -0.25) is 0 Å². The molecule has 0 saturated carbocycles. The van der Waals surface area contributed by atoms with E-state index < -0.39 is 5.41 Å². The highest BCUT2D eigenvalue weighted by Gasteiger charge is 2.49. The highest BCUT2D eigenvalue weighted by atomic mass is 32.2. The Hall–Kier alpha value is -6.02. The van der Waals surface area contributed by atoms with Gasteiger partial charge in [0, 0.05) is 37.0 Å². The molecule has 0 saturated heterocycles. The lowest BCUT2D eigenvalue weighted by Crippen LogP contribution is -2.37. The lowest BCUT2D eigenvalue weighted by Gasteiger charge is -2.45. The van der Waals surface area contributed by atoms with E-state index in [1.807, 2.05) is 23.9 Å². The predicted octanol–water partition coefficient (Wildman–Crippen LogP) is 10.9. The molecule has 3 nitrogen and oxygen atoms in total. The SMILES string of the molecule is N#Cc1ccc(-n2c3ccccc3c3c4c(ccc32)C2(c3ccccc3S4)c3ccccc3-n3c4ccccc4c4cccc2c43)cc1. The minimum atomic E-state index is -0.524. The first kappa shape index (κ1) is 26.1. The van der Waals surface area contributed by atoms with Crippen molar-refractivity contribution in [2.75, 3.05) is 0 Å². The standard InChI is InChI=1S/C44H25N3S/c45-26-27-20-22-28(23-21-27)46-37-17-6-2-11-31(37)41-39(46)25-24-35-43(41)48-40-19-8-4-14-33(40)44(35)32-13-3-7-18-38(32)47-36-16-5-1-10-29(36)30-12-9-15-34(44)42(30)47/h1-25H. The maximum Gasteiger partial charge on any atom is 0.0991 e. The van der Waals surface area contributed by atoms with Crippen LogP contribution in [0.2, 0.25) is 0 Å². The molecule has 4 heterocycles. The van der Waals surface area contributed by atoms with Crippen LogP contribution in [0.5, 0.6) is 0 Å². The highest BCUT2D eigenvalue weighted by Crippen LogP contribution is 2.62. The van der Waals surface area contributed by atoms with Gasteiger partial charge >= 0.3 is 0 Å². The molecule has 222 valence electrons. The molecule has 1 spiro atoms. The Morgan fingerprint density at radius 1 is 0.500 bits per heavy atom. The van der Waals surface area contributed by atoms with Crippen molar-refractivity contribution in [1.82, 2.24) is 9.13 Å². The third kappa shape index (κ3) is 3.06. The summed E-state index contributed by atoms with van der Waals surface area (Å²) >= 11 is 1.90. The number of fused-ring (bicyclic) bond motifs is 15. The lowest BCUT2D eigenvalue weighted by atomic mass is 9.62. The maximum absolute atomic E-state index is 9.50. The van der Waals surface area contributed by atoms with Crippen LogP contribution in [0.25, 0.3) is 55.0 Å². The number of nitriles is 1. The molecule has 0 radical (unpaired) electrons. The van der Waals surface area contributed by atoms with E-state index in [-0.39, 0.29) is 0 Å².